The van der Waals surface area contributed by atoms with E-state index in [-0.39, 0.29) is 10.9 Å². The molecule has 12 heteroatoms. The van der Waals surface area contributed by atoms with Gasteiger partial charge in [-0.25, -0.2) is 8.42 Å². The lowest BCUT2D eigenvalue weighted by Gasteiger charge is -2.26. The minimum Gasteiger partial charge on any atom is -0.425 e. The van der Waals surface area contributed by atoms with Crippen LogP contribution in [0, 0.1) is 6.92 Å². The highest BCUT2D eigenvalue weighted by Gasteiger charge is 2.29. The Labute approximate surface area is 196 Å². The summed E-state index contributed by atoms with van der Waals surface area (Å²) in [6, 6.07) is 7.28. The molecule has 176 valence electrons. The van der Waals surface area contributed by atoms with E-state index in [0.717, 1.165) is 36.4 Å². The Morgan fingerprint density at radius 1 is 1.09 bits per heavy atom. The topological polar surface area (TPSA) is 116 Å². The van der Waals surface area contributed by atoms with E-state index in [4.69, 9.17) is 9.15 Å². The zero-order chi connectivity index (χ0) is 22.8. The van der Waals surface area contributed by atoms with Gasteiger partial charge in [0.1, 0.15) is 0 Å². The van der Waals surface area contributed by atoms with Crippen LogP contribution in [0.4, 0.5) is 0 Å². The van der Waals surface area contributed by atoms with Gasteiger partial charge >= 0.3 is 0 Å². The van der Waals surface area contributed by atoms with Gasteiger partial charge in [0.15, 0.2) is 11.0 Å². The second-order valence-electron chi connectivity index (χ2n) is 8.16. The largest absolute Gasteiger partial charge is 0.425 e. The first kappa shape index (κ1) is 22.5. The van der Waals surface area contributed by atoms with Crippen molar-refractivity contribution in [3.05, 3.63) is 36.0 Å². The van der Waals surface area contributed by atoms with Crippen LogP contribution in [0.1, 0.15) is 43.5 Å². The van der Waals surface area contributed by atoms with Crippen LogP contribution < -0.4 is 0 Å². The average molecular weight is 491 g/mol. The molecule has 5 rings (SSSR count). The van der Waals surface area contributed by atoms with Gasteiger partial charge in [-0.05, 0) is 25.0 Å². The second kappa shape index (κ2) is 9.53. The van der Waals surface area contributed by atoms with Crippen molar-refractivity contribution in [3.8, 4) is 11.4 Å². The third-order valence-electron chi connectivity index (χ3n) is 5.95. The average Bonchev–Trinajstić information content (AvgIpc) is 3.59. The first-order valence-electron chi connectivity index (χ1n) is 11.1. The fourth-order valence-electron chi connectivity index (χ4n) is 4.32. The van der Waals surface area contributed by atoms with Gasteiger partial charge in [0.25, 0.3) is 0 Å². The van der Waals surface area contributed by atoms with E-state index < -0.39 is 10.0 Å². The highest BCUT2D eigenvalue weighted by molar-refractivity contribution is 7.98. The normalized spacial score (nSPS) is 18.2. The Balaban J connectivity index is 1.47. The third kappa shape index (κ3) is 4.70. The SMILES string of the molecule is Cc1nnc(CSc2nnc(-c3cccc(S(=O)(=O)N4CCOCC4)c3)n2C2CCCC2)o1. The smallest absolute Gasteiger partial charge is 0.243 e. The van der Waals surface area contributed by atoms with Crippen molar-refractivity contribution in [2.24, 2.45) is 0 Å². The zero-order valence-electron chi connectivity index (χ0n) is 18.4. The molecule has 0 atom stereocenters. The van der Waals surface area contributed by atoms with E-state index in [9.17, 15) is 8.42 Å². The van der Waals surface area contributed by atoms with E-state index in [1.54, 1.807) is 25.1 Å². The summed E-state index contributed by atoms with van der Waals surface area (Å²) in [6.45, 7) is 3.31. The number of aryl methyl sites for hydroxylation is 1. The highest BCUT2D eigenvalue weighted by Crippen LogP contribution is 2.37. The molecule has 2 fully saturated rings. The molecule has 1 saturated heterocycles. The van der Waals surface area contributed by atoms with Gasteiger partial charge in [-0.1, -0.05) is 36.7 Å². The summed E-state index contributed by atoms with van der Waals surface area (Å²) in [5.74, 6) is 2.25. The number of sulfonamides is 1. The van der Waals surface area contributed by atoms with Crippen LogP contribution in [0.3, 0.4) is 0 Å². The number of rotatable bonds is 7. The summed E-state index contributed by atoms with van der Waals surface area (Å²) in [4.78, 5) is 0.262. The molecule has 1 aliphatic heterocycles. The Morgan fingerprint density at radius 3 is 2.61 bits per heavy atom. The number of aromatic nitrogens is 5. The summed E-state index contributed by atoms with van der Waals surface area (Å²) in [5, 5.41) is 17.6. The Kier molecular flexibility index (Phi) is 6.50. The predicted octanol–water partition coefficient (Wildman–Crippen LogP) is 3.06. The monoisotopic (exact) mass is 490 g/mol. The van der Waals surface area contributed by atoms with Gasteiger partial charge in [-0.3, -0.25) is 4.57 Å². The Hall–Kier alpha value is -2.28. The van der Waals surface area contributed by atoms with Gasteiger partial charge in [0.05, 0.1) is 23.9 Å². The lowest BCUT2D eigenvalue weighted by atomic mass is 10.2. The molecule has 0 bridgehead atoms. The van der Waals surface area contributed by atoms with Crippen molar-refractivity contribution >= 4 is 21.8 Å². The molecule has 0 unspecified atom stereocenters. The molecule has 0 N–H and O–H groups in total. The Morgan fingerprint density at radius 2 is 1.88 bits per heavy atom. The van der Waals surface area contributed by atoms with Crippen LogP contribution in [-0.2, 0) is 20.5 Å². The third-order valence-corrected chi connectivity index (χ3v) is 8.77. The van der Waals surface area contributed by atoms with E-state index in [2.05, 4.69) is 25.0 Å². The highest BCUT2D eigenvalue weighted by atomic mass is 32.2. The van der Waals surface area contributed by atoms with Crippen molar-refractivity contribution < 1.29 is 17.6 Å². The minimum absolute atomic E-state index is 0.262. The van der Waals surface area contributed by atoms with Crippen molar-refractivity contribution in [1.29, 1.82) is 0 Å². The van der Waals surface area contributed by atoms with E-state index in [0.29, 0.717) is 49.7 Å². The quantitative estimate of drug-likeness (QED) is 0.461. The number of ether oxygens (including phenoxy) is 1. The molecular formula is C21H26N6O4S2. The van der Waals surface area contributed by atoms with Crippen LogP contribution in [0.15, 0.2) is 38.7 Å². The number of morpholine rings is 1. The fraction of sp³-hybridized carbons (Fsp3) is 0.524. The molecule has 2 aliphatic rings. The van der Waals surface area contributed by atoms with Crippen LogP contribution >= 0.6 is 11.8 Å². The number of hydrogen-bond donors (Lipinski definition) is 0. The van der Waals surface area contributed by atoms with Crippen molar-refractivity contribution in [2.45, 2.75) is 54.5 Å². The summed E-state index contributed by atoms with van der Waals surface area (Å²) in [5.41, 5.74) is 0.740. The van der Waals surface area contributed by atoms with E-state index in [1.165, 1.54) is 16.1 Å². The molecule has 10 nitrogen and oxygen atoms in total. The number of thioether (sulfide) groups is 1. The van der Waals surface area contributed by atoms with Gasteiger partial charge in [0.2, 0.25) is 21.8 Å². The fourth-order valence-corrected chi connectivity index (χ4v) is 6.61. The first-order valence-corrected chi connectivity index (χ1v) is 13.5. The standard InChI is InChI=1S/C21H26N6O4S2/c1-15-22-23-19(31-15)14-32-21-25-24-20(27(21)17-6-2-3-7-17)16-5-4-8-18(13-16)33(28,29)26-9-11-30-12-10-26/h4-5,8,13,17H,2-3,6-7,9-12,14H2,1H3. The lowest BCUT2D eigenvalue weighted by molar-refractivity contribution is 0.0730. The molecule has 3 heterocycles. The van der Waals surface area contributed by atoms with Gasteiger partial charge in [-0.2, -0.15) is 4.31 Å². The molecule has 33 heavy (non-hydrogen) atoms. The maximum atomic E-state index is 13.2. The summed E-state index contributed by atoms with van der Waals surface area (Å²) < 4.78 is 40.8. The summed E-state index contributed by atoms with van der Waals surface area (Å²) in [7, 11) is -3.60. The number of hydrogen-bond acceptors (Lipinski definition) is 9. The molecule has 0 amide bonds. The summed E-state index contributed by atoms with van der Waals surface area (Å²) in [6.07, 6.45) is 4.40. The summed E-state index contributed by atoms with van der Waals surface area (Å²) >= 11 is 1.50. The molecule has 1 aliphatic carbocycles. The van der Waals surface area contributed by atoms with Crippen LogP contribution in [0.2, 0.25) is 0 Å². The number of benzene rings is 1. The molecule has 0 spiro atoms. The van der Waals surface area contributed by atoms with E-state index >= 15 is 0 Å². The van der Waals surface area contributed by atoms with E-state index in [1.807, 2.05) is 6.07 Å². The second-order valence-corrected chi connectivity index (χ2v) is 11.0. The minimum atomic E-state index is -3.60. The lowest BCUT2D eigenvalue weighted by Crippen LogP contribution is -2.40. The molecule has 1 saturated carbocycles. The maximum absolute atomic E-state index is 13.2. The van der Waals surface area contributed by atoms with Gasteiger partial charge in [-0.15, -0.1) is 20.4 Å². The Bertz CT molecular complexity index is 1210. The van der Waals surface area contributed by atoms with Crippen molar-refractivity contribution in [1.82, 2.24) is 29.3 Å². The van der Waals surface area contributed by atoms with Crippen molar-refractivity contribution in [2.75, 3.05) is 26.3 Å². The van der Waals surface area contributed by atoms with Gasteiger partial charge < -0.3 is 9.15 Å². The zero-order valence-corrected chi connectivity index (χ0v) is 20.0. The van der Waals surface area contributed by atoms with Crippen LogP contribution in [0.5, 0.6) is 0 Å². The first-order chi connectivity index (χ1) is 16.0. The molecule has 2 aromatic heterocycles. The molecule has 1 aromatic carbocycles. The molecular weight excluding hydrogens is 464 g/mol. The van der Waals surface area contributed by atoms with Crippen LogP contribution in [0.25, 0.3) is 11.4 Å². The van der Waals surface area contributed by atoms with Crippen LogP contribution in [-0.4, -0.2) is 64.0 Å². The molecule has 3 aromatic rings. The maximum Gasteiger partial charge on any atom is 0.243 e. The number of nitrogens with zero attached hydrogens (tertiary/aromatic N) is 6. The van der Waals surface area contributed by atoms with Crippen molar-refractivity contribution in [3.63, 3.8) is 0 Å². The van der Waals surface area contributed by atoms with Gasteiger partial charge in [0, 0.05) is 31.6 Å². The molecule has 0 radical (unpaired) electrons. The predicted molar refractivity (Wildman–Crippen MR) is 121 cm³/mol.